The molecule has 1 atom stereocenters. The number of hydrogen-bond donors (Lipinski definition) is 2. The van der Waals surface area contributed by atoms with Gasteiger partial charge in [0, 0.05) is 12.6 Å². The molecule has 0 aromatic rings. The Balaban J connectivity index is 3.07. The maximum absolute atomic E-state index is 8.43. The fraction of sp³-hybridized carbons (Fsp3) is 0.800. The van der Waals surface area contributed by atoms with Crippen molar-refractivity contribution in [1.29, 1.82) is 0 Å². The molecule has 0 saturated heterocycles. The van der Waals surface area contributed by atoms with Crippen LogP contribution in [0.5, 0.6) is 0 Å². The number of hydrogen-bond acceptors (Lipinski definition) is 3. The van der Waals surface area contributed by atoms with Gasteiger partial charge in [-0.3, -0.25) is 0 Å². The number of allylic oxidation sites excluding steroid dienone is 1. The first-order valence-electron chi connectivity index (χ1n) is 4.84. The van der Waals surface area contributed by atoms with E-state index in [1.54, 1.807) is 0 Å². The monoisotopic (exact) mass is 187 g/mol. The molecule has 13 heavy (non-hydrogen) atoms. The largest absolute Gasteiger partial charge is 0.394 e. The summed E-state index contributed by atoms with van der Waals surface area (Å²) in [6.45, 7) is 7.87. The van der Waals surface area contributed by atoms with E-state index < -0.39 is 0 Å². The molecule has 0 aromatic heterocycles. The van der Waals surface area contributed by atoms with E-state index in [1.807, 2.05) is 6.08 Å². The van der Waals surface area contributed by atoms with Crippen LogP contribution in [-0.4, -0.2) is 37.5 Å². The molecule has 2 N–H and O–H groups in total. The second-order valence-electron chi connectivity index (χ2n) is 3.06. The third-order valence-corrected chi connectivity index (χ3v) is 1.78. The van der Waals surface area contributed by atoms with Crippen LogP contribution in [0.2, 0.25) is 0 Å². The third-order valence-electron chi connectivity index (χ3n) is 1.78. The molecule has 3 nitrogen and oxygen atoms in total. The molecule has 0 saturated carbocycles. The molecule has 0 amide bonds. The van der Waals surface area contributed by atoms with Crippen LogP contribution in [0.15, 0.2) is 12.7 Å². The predicted molar refractivity (Wildman–Crippen MR) is 54.8 cm³/mol. The van der Waals surface area contributed by atoms with Crippen LogP contribution in [0, 0.1) is 0 Å². The third kappa shape index (κ3) is 9.53. The summed E-state index contributed by atoms with van der Waals surface area (Å²) in [5.74, 6) is 0. The van der Waals surface area contributed by atoms with Gasteiger partial charge in [0.1, 0.15) is 0 Å². The van der Waals surface area contributed by atoms with Gasteiger partial charge in [-0.25, -0.2) is 0 Å². The van der Waals surface area contributed by atoms with E-state index in [-0.39, 0.29) is 6.61 Å². The molecule has 0 radical (unpaired) electrons. The Labute approximate surface area is 80.8 Å². The molecule has 0 aliphatic heterocycles. The first-order chi connectivity index (χ1) is 6.31. The molecule has 0 fully saturated rings. The maximum atomic E-state index is 8.43. The summed E-state index contributed by atoms with van der Waals surface area (Å²) in [5, 5.41) is 11.8. The van der Waals surface area contributed by atoms with Crippen molar-refractivity contribution >= 4 is 0 Å². The number of aliphatic hydroxyl groups is 1. The molecular weight excluding hydrogens is 166 g/mol. The number of aliphatic hydroxyl groups excluding tert-OH is 1. The first-order valence-corrected chi connectivity index (χ1v) is 4.84. The highest BCUT2D eigenvalue weighted by atomic mass is 16.5. The smallest absolute Gasteiger partial charge is 0.0698 e. The summed E-state index contributed by atoms with van der Waals surface area (Å²) in [4.78, 5) is 0. The Kier molecular flexibility index (Phi) is 9.42. The van der Waals surface area contributed by atoms with Crippen molar-refractivity contribution < 1.29 is 9.84 Å². The summed E-state index contributed by atoms with van der Waals surface area (Å²) < 4.78 is 5.11. The van der Waals surface area contributed by atoms with Crippen LogP contribution in [0.3, 0.4) is 0 Å². The van der Waals surface area contributed by atoms with Gasteiger partial charge in [-0.15, -0.1) is 6.58 Å². The lowest BCUT2D eigenvalue weighted by molar-refractivity contribution is 0.0927. The van der Waals surface area contributed by atoms with E-state index >= 15 is 0 Å². The SMILES string of the molecule is C=CCCC(C)NCCOCCO. The summed E-state index contributed by atoms with van der Waals surface area (Å²) in [6, 6.07) is 0.510. The van der Waals surface area contributed by atoms with Crippen molar-refractivity contribution in [3.05, 3.63) is 12.7 Å². The van der Waals surface area contributed by atoms with Gasteiger partial charge in [-0.2, -0.15) is 0 Å². The molecule has 0 aliphatic rings. The van der Waals surface area contributed by atoms with E-state index in [9.17, 15) is 0 Å². The van der Waals surface area contributed by atoms with Gasteiger partial charge < -0.3 is 15.2 Å². The van der Waals surface area contributed by atoms with Gasteiger partial charge in [0.2, 0.25) is 0 Å². The molecule has 0 aromatic carbocycles. The Hall–Kier alpha value is -0.380. The number of rotatable bonds is 9. The average molecular weight is 187 g/mol. The molecule has 78 valence electrons. The van der Waals surface area contributed by atoms with Crippen LogP contribution in [0.4, 0.5) is 0 Å². The second-order valence-corrected chi connectivity index (χ2v) is 3.06. The minimum absolute atomic E-state index is 0.103. The minimum atomic E-state index is 0.103. The average Bonchev–Trinajstić information content (AvgIpc) is 2.14. The van der Waals surface area contributed by atoms with E-state index in [0.29, 0.717) is 19.3 Å². The lowest BCUT2D eigenvalue weighted by Gasteiger charge is -2.12. The van der Waals surface area contributed by atoms with Gasteiger partial charge in [0.15, 0.2) is 0 Å². The van der Waals surface area contributed by atoms with Gasteiger partial charge >= 0.3 is 0 Å². The molecule has 0 rings (SSSR count). The standard InChI is InChI=1S/C10H21NO2/c1-3-4-5-10(2)11-6-8-13-9-7-12/h3,10-12H,1,4-9H2,2H3. The molecular formula is C10H21NO2. The Morgan fingerprint density at radius 2 is 2.31 bits per heavy atom. The van der Waals surface area contributed by atoms with Gasteiger partial charge in [0.05, 0.1) is 19.8 Å². The number of ether oxygens (including phenoxy) is 1. The van der Waals surface area contributed by atoms with E-state index in [1.165, 1.54) is 0 Å². The lowest BCUT2D eigenvalue weighted by Crippen LogP contribution is -2.29. The van der Waals surface area contributed by atoms with Gasteiger partial charge in [0.25, 0.3) is 0 Å². The van der Waals surface area contributed by atoms with Gasteiger partial charge in [-0.05, 0) is 19.8 Å². The van der Waals surface area contributed by atoms with Crippen LogP contribution >= 0.6 is 0 Å². The van der Waals surface area contributed by atoms with Crippen LogP contribution in [0.1, 0.15) is 19.8 Å². The summed E-state index contributed by atoms with van der Waals surface area (Å²) in [7, 11) is 0. The topological polar surface area (TPSA) is 41.5 Å². The zero-order chi connectivity index (χ0) is 9.94. The molecule has 3 heteroatoms. The predicted octanol–water partition coefficient (Wildman–Crippen LogP) is 0.940. The van der Waals surface area contributed by atoms with Crippen molar-refractivity contribution in [2.45, 2.75) is 25.8 Å². The quantitative estimate of drug-likeness (QED) is 0.417. The lowest BCUT2D eigenvalue weighted by atomic mass is 10.2. The van der Waals surface area contributed by atoms with Crippen LogP contribution in [0.25, 0.3) is 0 Å². The zero-order valence-electron chi connectivity index (χ0n) is 8.46. The van der Waals surface area contributed by atoms with Crippen molar-refractivity contribution in [3.63, 3.8) is 0 Å². The number of nitrogens with one attached hydrogen (secondary N) is 1. The molecule has 0 heterocycles. The van der Waals surface area contributed by atoms with Crippen LogP contribution < -0.4 is 5.32 Å². The van der Waals surface area contributed by atoms with Crippen LogP contribution in [-0.2, 0) is 4.74 Å². The highest BCUT2D eigenvalue weighted by molar-refractivity contribution is 4.70. The van der Waals surface area contributed by atoms with E-state index in [4.69, 9.17) is 9.84 Å². The highest BCUT2D eigenvalue weighted by Crippen LogP contribution is 1.95. The second kappa shape index (κ2) is 9.71. The van der Waals surface area contributed by atoms with Crippen molar-refractivity contribution in [1.82, 2.24) is 5.32 Å². The molecule has 0 aliphatic carbocycles. The summed E-state index contributed by atoms with van der Waals surface area (Å²) in [6.07, 6.45) is 4.09. The van der Waals surface area contributed by atoms with E-state index in [2.05, 4.69) is 18.8 Å². The fourth-order valence-electron chi connectivity index (χ4n) is 1.01. The van der Waals surface area contributed by atoms with E-state index in [0.717, 1.165) is 19.4 Å². The summed E-state index contributed by atoms with van der Waals surface area (Å²) in [5.41, 5.74) is 0. The van der Waals surface area contributed by atoms with Gasteiger partial charge in [-0.1, -0.05) is 6.08 Å². The maximum Gasteiger partial charge on any atom is 0.0698 e. The summed E-state index contributed by atoms with van der Waals surface area (Å²) >= 11 is 0. The first kappa shape index (κ1) is 12.6. The Morgan fingerprint density at radius 3 is 2.92 bits per heavy atom. The van der Waals surface area contributed by atoms with Crippen molar-refractivity contribution in [2.75, 3.05) is 26.4 Å². The molecule has 0 spiro atoms. The van der Waals surface area contributed by atoms with Crippen molar-refractivity contribution in [3.8, 4) is 0 Å². The fourth-order valence-corrected chi connectivity index (χ4v) is 1.01. The zero-order valence-corrected chi connectivity index (χ0v) is 8.46. The normalized spacial score (nSPS) is 12.8. The molecule has 1 unspecified atom stereocenters. The Morgan fingerprint density at radius 1 is 1.54 bits per heavy atom. The minimum Gasteiger partial charge on any atom is -0.394 e. The molecule has 0 bridgehead atoms. The Bertz CT molecular complexity index is 117. The highest BCUT2D eigenvalue weighted by Gasteiger charge is 1.98. The van der Waals surface area contributed by atoms with Crippen molar-refractivity contribution in [2.24, 2.45) is 0 Å².